The van der Waals surface area contributed by atoms with Crippen molar-refractivity contribution < 1.29 is 13.2 Å². The quantitative estimate of drug-likeness (QED) is 0.602. The van der Waals surface area contributed by atoms with E-state index >= 15 is 0 Å². The molecular formula is C18H17Cl2N3O3S. The van der Waals surface area contributed by atoms with Crippen molar-refractivity contribution in [3.8, 4) is 5.75 Å². The van der Waals surface area contributed by atoms with Gasteiger partial charge in [-0.2, -0.15) is 0 Å². The number of nitrogens with one attached hydrogen (secondary N) is 2. The molecule has 4 rings (SSSR count). The SMILES string of the molecule is O=S(=O)(Nc1cc(Cl)ccc1OC1CCCC1)c1c[nH]c2ncc(Cl)cc12. The number of sulfonamides is 1. The first-order valence-electron chi connectivity index (χ1n) is 8.54. The van der Waals surface area contributed by atoms with Crippen molar-refractivity contribution in [1.29, 1.82) is 0 Å². The van der Waals surface area contributed by atoms with Crippen LogP contribution in [0.5, 0.6) is 5.75 Å². The molecule has 6 nitrogen and oxygen atoms in total. The highest BCUT2D eigenvalue weighted by Gasteiger charge is 2.23. The summed E-state index contributed by atoms with van der Waals surface area (Å²) >= 11 is 12.0. The van der Waals surface area contributed by atoms with E-state index in [1.54, 1.807) is 24.3 Å². The Morgan fingerprint density at radius 1 is 1.15 bits per heavy atom. The third-order valence-corrected chi connectivity index (χ3v) is 6.38. The molecule has 0 atom stereocenters. The van der Waals surface area contributed by atoms with Crippen LogP contribution in [0.3, 0.4) is 0 Å². The number of nitrogens with zero attached hydrogens (tertiary/aromatic N) is 1. The average Bonchev–Trinajstić information content (AvgIpc) is 3.26. The molecule has 2 N–H and O–H groups in total. The lowest BCUT2D eigenvalue weighted by Crippen LogP contribution is -2.16. The number of anilines is 1. The summed E-state index contributed by atoms with van der Waals surface area (Å²) in [4.78, 5) is 7.00. The monoisotopic (exact) mass is 425 g/mol. The number of pyridine rings is 1. The Bertz CT molecular complexity index is 1090. The Kier molecular flexibility index (Phi) is 4.92. The van der Waals surface area contributed by atoms with Gasteiger partial charge in [-0.05, 0) is 49.9 Å². The van der Waals surface area contributed by atoms with Crippen LogP contribution in [0.15, 0.2) is 41.6 Å². The highest BCUT2D eigenvalue weighted by molar-refractivity contribution is 7.93. The third-order valence-electron chi connectivity index (χ3n) is 4.53. The van der Waals surface area contributed by atoms with E-state index in [2.05, 4.69) is 14.7 Å². The number of hydrogen-bond acceptors (Lipinski definition) is 4. The Hall–Kier alpha value is -1.96. The largest absolute Gasteiger partial charge is 0.488 e. The minimum Gasteiger partial charge on any atom is -0.488 e. The molecule has 0 radical (unpaired) electrons. The van der Waals surface area contributed by atoms with Crippen molar-refractivity contribution in [1.82, 2.24) is 9.97 Å². The van der Waals surface area contributed by atoms with Crippen LogP contribution in [0, 0.1) is 0 Å². The van der Waals surface area contributed by atoms with Crippen LogP contribution in [0.2, 0.25) is 10.0 Å². The van der Waals surface area contributed by atoms with Gasteiger partial charge in [0.2, 0.25) is 0 Å². The molecular weight excluding hydrogens is 409 g/mol. The van der Waals surface area contributed by atoms with E-state index in [0.29, 0.717) is 32.5 Å². The van der Waals surface area contributed by atoms with Gasteiger partial charge in [0, 0.05) is 22.8 Å². The molecule has 0 unspecified atom stereocenters. The van der Waals surface area contributed by atoms with Gasteiger partial charge < -0.3 is 9.72 Å². The summed E-state index contributed by atoms with van der Waals surface area (Å²) in [5, 5.41) is 1.18. The first-order valence-corrected chi connectivity index (χ1v) is 10.8. The molecule has 1 fully saturated rings. The van der Waals surface area contributed by atoms with E-state index in [0.717, 1.165) is 25.7 Å². The van der Waals surface area contributed by atoms with E-state index in [4.69, 9.17) is 27.9 Å². The molecule has 3 aromatic rings. The molecule has 0 spiro atoms. The zero-order valence-electron chi connectivity index (χ0n) is 14.2. The second kappa shape index (κ2) is 7.22. The predicted octanol–water partition coefficient (Wildman–Crippen LogP) is 4.99. The van der Waals surface area contributed by atoms with Gasteiger partial charge in [-0.15, -0.1) is 0 Å². The molecule has 2 heterocycles. The summed E-state index contributed by atoms with van der Waals surface area (Å²) < 4.78 is 34.6. The fourth-order valence-electron chi connectivity index (χ4n) is 3.25. The molecule has 9 heteroatoms. The molecule has 1 aliphatic rings. The maximum atomic E-state index is 13.0. The second-order valence-corrected chi connectivity index (χ2v) is 9.00. The molecule has 0 amide bonds. The summed E-state index contributed by atoms with van der Waals surface area (Å²) in [6.45, 7) is 0. The third kappa shape index (κ3) is 3.85. The number of ether oxygens (including phenoxy) is 1. The summed E-state index contributed by atoms with van der Waals surface area (Å²) in [5.74, 6) is 0.464. The fraction of sp³-hybridized carbons (Fsp3) is 0.278. The maximum absolute atomic E-state index is 13.0. The van der Waals surface area contributed by atoms with E-state index < -0.39 is 10.0 Å². The van der Waals surface area contributed by atoms with Gasteiger partial charge in [-0.1, -0.05) is 23.2 Å². The fourth-order valence-corrected chi connectivity index (χ4v) is 4.79. The molecule has 0 saturated heterocycles. The molecule has 1 aromatic carbocycles. The van der Waals surface area contributed by atoms with Gasteiger partial charge in [0.15, 0.2) is 0 Å². The van der Waals surface area contributed by atoms with E-state index in [1.807, 2.05) is 0 Å². The number of halogens is 2. The van der Waals surface area contributed by atoms with Crippen LogP contribution >= 0.6 is 23.2 Å². The molecule has 1 aliphatic carbocycles. The van der Waals surface area contributed by atoms with Crippen molar-refractivity contribution in [3.63, 3.8) is 0 Å². The highest BCUT2D eigenvalue weighted by atomic mass is 35.5. The number of aromatic nitrogens is 2. The van der Waals surface area contributed by atoms with Gasteiger partial charge in [0.25, 0.3) is 10.0 Å². The smallest absolute Gasteiger partial charge is 0.264 e. The van der Waals surface area contributed by atoms with Crippen LogP contribution in [0.1, 0.15) is 25.7 Å². The average molecular weight is 426 g/mol. The van der Waals surface area contributed by atoms with E-state index in [1.165, 1.54) is 12.4 Å². The molecule has 1 saturated carbocycles. The van der Waals surface area contributed by atoms with Crippen LogP contribution in [-0.4, -0.2) is 24.5 Å². The van der Waals surface area contributed by atoms with Crippen LogP contribution < -0.4 is 9.46 Å². The molecule has 142 valence electrons. The number of fused-ring (bicyclic) bond motifs is 1. The number of rotatable bonds is 5. The highest BCUT2D eigenvalue weighted by Crippen LogP contribution is 2.34. The van der Waals surface area contributed by atoms with Gasteiger partial charge in [-0.3, -0.25) is 4.72 Å². The Morgan fingerprint density at radius 2 is 1.93 bits per heavy atom. The van der Waals surface area contributed by atoms with Crippen molar-refractivity contribution in [2.75, 3.05) is 4.72 Å². The zero-order valence-corrected chi connectivity index (χ0v) is 16.5. The number of hydrogen-bond donors (Lipinski definition) is 2. The molecule has 0 aliphatic heterocycles. The summed E-state index contributed by atoms with van der Waals surface area (Å²) in [5.41, 5.74) is 0.743. The number of H-pyrrole nitrogens is 1. The molecule has 2 aromatic heterocycles. The van der Waals surface area contributed by atoms with Gasteiger partial charge >= 0.3 is 0 Å². The van der Waals surface area contributed by atoms with Crippen molar-refractivity contribution >= 4 is 49.9 Å². The Balaban J connectivity index is 1.69. The normalized spacial score (nSPS) is 15.3. The Morgan fingerprint density at radius 3 is 2.70 bits per heavy atom. The molecule has 27 heavy (non-hydrogen) atoms. The standard InChI is InChI=1S/C18H17Cl2N3O3S/c19-11-5-6-16(26-13-3-1-2-4-13)15(8-11)23-27(24,25)17-10-22-18-14(17)7-12(20)9-21-18/h5-10,13,23H,1-4H2,(H,21,22). The van der Waals surface area contributed by atoms with Crippen LogP contribution in [0.25, 0.3) is 11.0 Å². The number of aromatic amines is 1. The predicted molar refractivity (Wildman–Crippen MR) is 106 cm³/mol. The zero-order chi connectivity index (χ0) is 19.0. The van der Waals surface area contributed by atoms with E-state index in [9.17, 15) is 8.42 Å². The van der Waals surface area contributed by atoms with Crippen molar-refractivity contribution in [2.45, 2.75) is 36.7 Å². The lowest BCUT2D eigenvalue weighted by Gasteiger charge is -2.17. The number of benzene rings is 1. The molecule has 0 bridgehead atoms. The minimum absolute atomic E-state index is 0.0549. The lowest BCUT2D eigenvalue weighted by atomic mass is 10.2. The lowest BCUT2D eigenvalue weighted by molar-refractivity contribution is 0.211. The Labute approximate surface area is 166 Å². The van der Waals surface area contributed by atoms with Crippen LogP contribution in [-0.2, 0) is 10.0 Å². The van der Waals surface area contributed by atoms with Gasteiger partial charge in [0.05, 0.1) is 16.8 Å². The van der Waals surface area contributed by atoms with Crippen molar-refractivity contribution in [2.24, 2.45) is 0 Å². The topological polar surface area (TPSA) is 84.1 Å². The maximum Gasteiger partial charge on any atom is 0.264 e. The van der Waals surface area contributed by atoms with Crippen LogP contribution in [0.4, 0.5) is 5.69 Å². The summed E-state index contributed by atoms with van der Waals surface area (Å²) in [6.07, 6.45) is 7.08. The van der Waals surface area contributed by atoms with E-state index in [-0.39, 0.29) is 11.0 Å². The van der Waals surface area contributed by atoms with Gasteiger partial charge in [-0.25, -0.2) is 13.4 Å². The van der Waals surface area contributed by atoms with Crippen molar-refractivity contribution in [3.05, 3.63) is 46.7 Å². The first-order chi connectivity index (χ1) is 12.9. The van der Waals surface area contributed by atoms with Gasteiger partial charge in [0.1, 0.15) is 16.3 Å². The summed E-state index contributed by atoms with van der Waals surface area (Å²) in [6, 6.07) is 6.47. The second-order valence-electron chi connectivity index (χ2n) is 6.47. The minimum atomic E-state index is -3.90. The first kappa shape index (κ1) is 18.4. The summed E-state index contributed by atoms with van der Waals surface area (Å²) in [7, 11) is -3.90.